The second-order valence-corrected chi connectivity index (χ2v) is 5.15. The molecule has 0 spiro atoms. The molecule has 100 valence electrons. The van der Waals surface area contributed by atoms with Gasteiger partial charge in [0.25, 0.3) is 0 Å². The van der Waals surface area contributed by atoms with E-state index >= 15 is 0 Å². The molecule has 2 fully saturated rings. The van der Waals surface area contributed by atoms with Gasteiger partial charge in [0, 0.05) is 6.54 Å². The predicted octanol–water partition coefficient (Wildman–Crippen LogP) is -0.0217. The summed E-state index contributed by atoms with van der Waals surface area (Å²) in [5, 5.41) is 11.6. The highest BCUT2D eigenvalue weighted by Crippen LogP contribution is 2.35. The molecule has 0 radical (unpaired) electrons. The zero-order valence-electron chi connectivity index (χ0n) is 10.4. The van der Waals surface area contributed by atoms with Crippen LogP contribution in [0.5, 0.6) is 0 Å². The first kappa shape index (κ1) is 13.0. The molecule has 2 N–H and O–H groups in total. The van der Waals surface area contributed by atoms with E-state index < -0.39 is 17.4 Å². The Morgan fingerprint density at radius 1 is 1.56 bits per heavy atom. The van der Waals surface area contributed by atoms with Gasteiger partial charge in [0.2, 0.25) is 11.8 Å². The standard InChI is InChI=1S/C12H18N2O4/c1-2-12(11(17)18)4-3-5-14(7-12)8-6-9(15)13-10(8)16/h8H,2-7H2,1H3,(H,17,18)(H,13,15,16). The summed E-state index contributed by atoms with van der Waals surface area (Å²) in [6, 6.07) is -0.483. The third-order valence-electron chi connectivity index (χ3n) is 4.12. The normalized spacial score (nSPS) is 33.5. The number of rotatable bonds is 3. The van der Waals surface area contributed by atoms with Crippen LogP contribution in [0.15, 0.2) is 0 Å². The van der Waals surface area contributed by atoms with Crippen LogP contribution in [0.25, 0.3) is 0 Å². The smallest absolute Gasteiger partial charge is 0.310 e. The molecule has 2 rings (SSSR count). The minimum absolute atomic E-state index is 0.151. The van der Waals surface area contributed by atoms with Crippen molar-refractivity contribution in [3.8, 4) is 0 Å². The summed E-state index contributed by atoms with van der Waals surface area (Å²) in [5.74, 6) is -1.37. The van der Waals surface area contributed by atoms with Crippen molar-refractivity contribution < 1.29 is 19.5 Å². The van der Waals surface area contributed by atoms with Gasteiger partial charge in [0.05, 0.1) is 17.9 Å². The van der Waals surface area contributed by atoms with E-state index in [0.29, 0.717) is 25.9 Å². The molecule has 2 aliphatic heterocycles. The number of carboxylic acids is 1. The topological polar surface area (TPSA) is 86.7 Å². The average molecular weight is 254 g/mol. The lowest BCUT2D eigenvalue weighted by Gasteiger charge is -2.41. The van der Waals surface area contributed by atoms with Gasteiger partial charge in [0.1, 0.15) is 0 Å². The summed E-state index contributed by atoms with van der Waals surface area (Å²) in [7, 11) is 0. The molecule has 0 aromatic rings. The average Bonchev–Trinajstić information content (AvgIpc) is 2.68. The number of likely N-dealkylation sites (tertiary alicyclic amines) is 1. The van der Waals surface area contributed by atoms with Crippen LogP contribution < -0.4 is 5.32 Å². The quantitative estimate of drug-likeness (QED) is 0.691. The Bertz CT molecular complexity index is 396. The highest BCUT2D eigenvalue weighted by molar-refractivity contribution is 6.05. The van der Waals surface area contributed by atoms with Crippen LogP contribution in [0.3, 0.4) is 0 Å². The number of carbonyl (C=O) groups is 3. The van der Waals surface area contributed by atoms with Crippen molar-refractivity contribution in [3.63, 3.8) is 0 Å². The second kappa shape index (κ2) is 4.68. The molecule has 2 saturated heterocycles. The van der Waals surface area contributed by atoms with Crippen molar-refractivity contribution in [1.29, 1.82) is 0 Å². The highest BCUT2D eigenvalue weighted by Gasteiger charge is 2.45. The summed E-state index contributed by atoms with van der Waals surface area (Å²) in [6.45, 7) is 2.89. The number of imide groups is 1. The second-order valence-electron chi connectivity index (χ2n) is 5.15. The van der Waals surface area contributed by atoms with Crippen LogP contribution >= 0.6 is 0 Å². The largest absolute Gasteiger partial charge is 0.481 e. The van der Waals surface area contributed by atoms with E-state index in [0.717, 1.165) is 6.42 Å². The number of hydrogen-bond acceptors (Lipinski definition) is 4. The summed E-state index contributed by atoms with van der Waals surface area (Å²) in [6.07, 6.45) is 2.08. The number of amides is 2. The fraction of sp³-hybridized carbons (Fsp3) is 0.750. The Morgan fingerprint density at radius 2 is 2.28 bits per heavy atom. The number of carboxylic acid groups (broad SMARTS) is 1. The van der Waals surface area contributed by atoms with Gasteiger partial charge >= 0.3 is 5.97 Å². The number of aliphatic carboxylic acids is 1. The van der Waals surface area contributed by atoms with Crippen LogP contribution in [0.4, 0.5) is 0 Å². The Labute approximate surface area is 105 Å². The van der Waals surface area contributed by atoms with Gasteiger partial charge in [-0.05, 0) is 25.8 Å². The Morgan fingerprint density at radius 3 is 2.78 bits per heavy atom. The van der Waals surface area contributed by atoms with Crippen LogP contribution in [0, 0.1) is 5.41 Å². The molecule has 6 nitrogen and oxygen atoms in total. The number of piperidine rings is 1. The van der Waals surface area contributed by atoms with Crippen LogP contribution in [0.2, 0.25) is 0 Å². The van der Waals surface area contributed by atoms with E-state index in [1.54, 1.807) is 0 Å². The fourth-order valence-corrected chi connectivity index (χ4v) is 2.88. The van der Waals surface area contributed by atoms with E-state index in [9.17, 15) is 19.5 Å². The maximum absolute atomic E-state index is 11.6. The van der Waals surface area contributed by atoms with Crippen LogP contribution in [0.1, 0.15) is 32.6 Å². The lowest BCUT2D eigenvalue weighted by atomic mass is 9.77. The van der Waals surface area contributed by atoms with Gasteiger partial charge in [-0.25, -0.2) is 0 Å². The van der Waals surface area contributed by atoms with E-state index in [1.165, 1.54) is 0 Å². The fourth-order valence-electron chi connectivity index (χ4n) is 2.88. The molecule has 0 saturated carbocycles. The Kier molecular flexibility index (Phi) is 3.38. The first-order valence-electron chi connectivity index (χ1n) is 6.29. The van der Waals surface area contributed by atoms with E-state index in [2.05, 4.69) is 5.32 Å². The van der Waals surface area contributed by atoms with Gasteiger partial charge in [-0.3, -0.25) is 24.6 Å². The SMILES string of the molecule is CCC1(C(=O)O)CCCN(C2CC(=O)NC2=O)C1. The molecule has 2 amide bonds. The molecule has 2 atom stereocenters. The molecule has 18 heavy (non-hydrogen) atoms. The summed E-state index contributed by atoms with van der Waals surface area (Å²) >= 11 is 0. The summed E-state index contributed by atoms with van der Waals surface area (Å²) in [5.41, 5.74) is -0.774. The molecule has 0 aliphatic carbocycles. The van der Waals surface area contributed by atoms with Crippen molar-refractivity contribution >= 4 is 17.8 Å². The van der Waals surface area contributed by atoms with Crippen LogP contribution in [-0.2, 0) is 14.4 Å². The number of nitrogens with zero attached hydrogens (tertiary/aromatic N) is 1. The monoisotopic (exact) mass is 254 g/mol. The van der Waals surface area contributed by atoms with Crippen molar-refractivity contribution in [2.45, 2.75) is 38.6 Å². The van der Waals surface area contributed by atoms with Gasteiger partial charge in [-0.15, -0.1) is 0 Å². The highest BCUT2D eigenvalue weighted by atomic mass is 16.4. The molecule has 0 aromatic carbocycles. The van der Waals surface area contributed by atoms with E-state index in [1.807, 2.05) is 11.8 Å². The molecular weight excluding hydrogens is 236 g/mol. The maximum atomic E-state index is 11.6. The minimum atomic E-state index is -0.806. The zero-order valence-corrected chi connectivity index (χ0v) is 10.4. The zero-order chi connectivity index (χ0) is 13.3. The number of carbonyl (C=O) groups excluding carboxylic acids is 2. The lowest BCUT2D eigenvalue weighted by molar-refractivity contribution is -0.154. The molecule has 2 heterocycles. The van der Waals surface area contributed by atoms with Crippen molar-refractivity contribution in [2.75, 3.05) is 13.1 Å². The molecule has 2 aliphatic rings. The molecular formula is C12H18N2O4. The first-order chi connectivity index (χ1) is 8.48. The summed E-state index contributed by atoms with van der Waals surface area (Å²) < 4.78 is 0. The molecule has 0 bridgehead atoms. The van der Waals surface area contributed by atoms with Crippen LogP contribution in [-0.4, -0.2) is 46.9 Å². The molecule has 6 heteroatoms. The van der Waals surface area contributed by atoms with Crippen molar-refractivity contribution in [1.82, 2.24) is 10.2 Å². The lowest BCUT2D eigenvalue weighted by Crippen LogP contribution is -2.52. The van der Waals surface area contributed by atoms with E-state index in [-0.39, 0.29) is 18.2 Å². The minimum Gasteiger partial charge on any atom is -0.481 e. The van der Waals surface area contributed by atoms with Crippen molar-refractivity contribution in [2.24, 2.45) is 5.41 Å². The Hall–Kier alpha value is -1.43. The predicted molar refractivity (Wildman–Crippen MR) is 62.7 cm³/mol. The molecule has 0 aromatic heterocycles. The number of nitrogens with one attached hydrogen (secondary N) is 1. The summed E-state index contributed by atoms with van der Waals surface area (Å²) in [4.78, 5) is 36.1. The maximum Gasteiger partial charge on any atom is 0.310 e. The number of hydrogen-bond donors (Lipinski definition) is 2. The van der Waals surface area contributed by atoms with Gasteiger partial charge in [-0.1, -0.05) is 6.92 Å². The third kappa shape index (κ3) is 2.12. The molecule has 2 unspecified atom stereocenters. The van der Waals surface area contributed by atoms with E-state index in [4.69, 9.17) is 0 Å². The first-order valence-corrected chi connectivity index (χ1v) is 6.29. The van der Waals surface area contributed by atoms with Crippen molar-refractivity contribution in [3.05, 3.63) is 0 Å². The van der Waals surface area contributed by atoms with Gasteiger partial charge in [-0.2, -0.15) is 0 Å². The van der Waals surface area contributed by atoms with Gasteiger partial charge in [0.15, 0.2) is 0 Å². The third-order valence-corrected chi connectivity index (χ3v) is 4.12. The van der Waals surface area contributed by atoms with Gasteiger partial charge < -0.3 is 5.11 Å². The Balaban J connectivity index is 2.13.